The number of methoxy groups -OCH3 is 1. The predicted molar refractivity (Wildman–Crippen MR) is 95.8 cm³/mol. The van der Waals surface area contributed by atoms with Gasteiger partial charge in [0.2, 0.25) is 0 Å². The fraction of sp³-hybridized carbons (Fsp3) is 0.533. The van der Waals surface area contributed by atoms with Crippen molar-refractivity contribution in [2.45, 2.75) is 25.8 Å². The minimum atomic E-state index is 0. The van der Waals surface area contributed by atoms with Crippen LogP contribution in [0.1, 0.15) is 18.9 Å². The standard InChI is InChI=1S/C15H23N3O2.HI/c1-10-8-13(10)18-15(16-2)17-7-6-11-4-5-12(20-3)9-14(11)19;/h4-5,9-10,13,19H,6-8H2,1-3H3,(H2,16,17,18);1H. The maximum absolute atomic E-state index is 9.88. The second kappa shape index (κ2) is 8.31. The third-order valence-corrected chi connectivity index (χ3v) is 3.63. The molecule has 3 N–H and O–H groups in total. The molecule has 1 aromatic rings. The van der Waals surface area contributed by atoms with Crippen molar-refractivity contribution in [2.24, 2.45) is 10.9 Å². The lowest BCUT2D eigenvalue weighted by atomic mass is 10.1. The number of hydrogen-bond donors (Lipinski definition) is 3. The van der Waals surface area contributed by atoms with E-state index in [1.54, 1.807) is 20.2 Å². The van der Waals surface area contributed by atoms with E-state index >= 15 is 0 Å². The number of ether oxygens (including phenoxy) is 1. The number of rotatable bonds is 5. The van der Waals surface area contributed by atoms with E-state index in [2.05, 4.69) is 22.5 Å². The fourth-order valence-corrected chi connectivity index (χ4v) is 2.09. The number of phenols is 1. The molecule has 2 rings (SSSR count). The highest BCUT2D eigenvalue weighted by atomic mass is 127. The Morgan fingerprint density at radius 3 is 2.71 bits per heavy atom. The van der Waals surface area contributed by atoms with Crippen molar-refractivity contribution in [3.63, 3.8) is 0 Å². The van der Waals surface area contributed by atoms with Crippen LogP contribution in [0.25, 0.3) is 0 Å². The zero-order valence-electron chi connectivity index (χ0n) is 12.7. The minimum Gasteiger partial charge on any atom is -0.508 e. The molecule has 0 spiro atoms. The quantitative estimate of drug-likeness (QED) is 0.399. The van der Waals surface area contributed by atoms with Gasteiger partial charge in [0.1, 0.15) is 11.5 Å². The number of hydrogen-bond acceptors (Lipinski definition) is 3. The molecule has 2 unspecified atom stereocenters. The first-order chi connectivity index (χ1) is 9.63. The minimum absolute atomic E-state index is 0. The van der Waals surface area contributed by atoms with E-state index in [0.29, 0.717) is 11.8 Å². The Balaban J connectivity index is 0.00000220. The third-order valence-electron chi connectivity index (χ3n) is 3.63. The highest BCUT2D eigenvalue weighted by Gasteiger charge is 2.33. The van der Waals surface area contributed by atoms with E-state index in [-0.39, 0.29) is 29.7 Å². The Morgan fingerprint density at radius 1 is 1.48 bits per heavy atom. The number of guanidine groups is 1. The molecule has 0 aromatic heterocycles. The predicted octanol–water partition coefficient (Wildman–Crippen LogP) is 2.13. The summed E-state index contributed by atoms with van der Waals surface area (Å²) in [6.45, 7) is 2.95. The van der Waals surface area contributed by atoms with Gasteiger partial charge in [-0.15, -0.1) is 24.0 Å². The van der Waals surface area contributed by atoms with Crippen molar-refractivity contribution in [3.8, 4) is 11.5 Å². The van der Waals surface area contributed by atoms with Gasteiger partial charge in [-0.3, -0.25) is 4.99 Å². The average Bonchev–Trinajstić information content (AvgIpc) is 3.14. The Labute approximate surface area is 143 Å². The van der Waals surface area contributed by atoms with Crippen LogP contribution in [-0.2, 0) is 6.42 Å². The van der Waals surface area contributed by atoms with Crippen LogP contribution in [0.15, 0.2) is 23.2 Å². The molecular weight excluding hydrogens is 381 g/mol. The van der Waals surface area contributed by atoms with E-state index in [4.69, 9.17) is 4.74 Å². The number of benzene rings is 1. The number of halogens is 1. The average molecular weight is 405 g/mol. The van der Waals surface area contributed by atoms with Crippen molar-refractivity contribution in [1.82, 2.24) is 10.6 Å². The van der Waals surface area contributed by atoms with Crippen molar-refractivity contribution in [1.29, 1.82) is 0 Å². The van der Waals surface area contributed by atoms with Crippen molar-refractivity contribution < 1.29 is 9.84 Å². The van der Waals surface area contributed by atoms with Gasteiger partial charge in [0.15, 0.2) is 5.96 Å². The molecule has 0 aliphatic heterocycles. The molecule has 2 atom stereocenters. The lowest BCUT2D eigenvalue weighted by Gasteiger charge is -2.12. The molecule has 1 aliphatic rings. The van der Waals surface area contributed by atoms with Crippen LogP contribution < -0.4 is 15.4 Å². The summed E-state index contributed by atoms with van der Waals surface area (Å²) in [6, 6.07) is 5.92. The van der Waals surface area contributed by atoms with Gasteiger partial charge in [0.05, 0.1) is 7.11 Å². The molecule has 0 bridgehead atoms. The van der Waals surface area contributed by atoms with Crippen molar-refractivity contribution >= 4 is 29.9 Å². The first-order valence-electron chi connectivity index (χ1n) is 6.97. The maximum atomic E-state index is 9.88. The zero-order chi connectivity index (χ0) is 14.5. The summed E-state index contributed by atoms with van der Waals surface area (Å²) in [4.78, 5) is 4.20. The molecule has 0 heterocycles. The highest BCUT2D eigenvalue weighted by molar-refractivity contribution is 14.0. The Bertz CT molecular complexity index is 494. The molecule has 5 nitrogen and oxygen atoms in total. The van der Waals surface area contributed by atoms with Crippen LogP contribution in [0.5, 0.6) is 11.5 Å². The molecule has 0 amide bonds. The smallest absolute Gasteiger partial charge is 0.191 e. The molecule has 1 fully saturated rings. The van der Waals surface area contributed by atoms with Crippen LogP contribution >= 0.6 is 24.0 Å². The van der Waals surface area contributed by atoms with E-state index in [1.807, 2.05) is 12.1 Å². The van der Waals surface area contributed by atoms with Gasteiger partial charge >= 0.3 is 0 Å². The van der Waals surface area contributed by atoms with E-state index in [0.717, 1.165) is 30.4 Å². The van der Waals surface area contributed by atoms with Gasteiger partial charge in [0, 0.05) is 25.7 Å². The normalized spacial score (nSPS) is 20.4. The zero-order valence-corrected chi connectivity index (χ0v) is 15.0. The van der Waals surface area contributed by atoms with Crippen molar-refractivity contribution in [2.75, 3.05) is 20.7 Å². The first kappa shape index (κ1) is 17.9. The number of nitrogens with one attached hydrogen (secondary N) is 2. The lowest BCUT2D eigenvalue weighted by molar-refractivity contribution is 0.406. The Hall–Kier alpha value is -1.18. The molecule has 21 heavy (non-hydrogen) atoms. The Morgan fingerprint density at radius 2 is 2.19 bits per heavy atom. The van der Waals surface area contributed by atoms with Crippen LogP contribution in [0.2, 0.25) is 0 Å². The number of aliphatic imine (C=N–C) groups is 1. The van der Waals surface area contributed by atoms with Gasteiger partial charge < -0.3 is 20.5 Å². The summed E-state index contributed by atoms with van der Waals surface area (Å²) in [7, 11) is 3.36. The van der Waals surface area contributed by atoms with Crippen LogP contribution in [0.3, 0.4) is 0 Å². The van der Waals surface area contributed by atoms with Gasteiger partial charge in [0.25, 0.3) is 0 Å². The monoisotopic (exact) mass is 405 g/mol. The lowest BCUT2D eigenvalue weighted by Crippen LogP contribution is -2.39. The first-order valence-corrected chi connectivity index (χ1v) is 6.97. The summed E-state index contributed by atoms with van der Waals surface area (Å²) >= 11 is 0. The molecule has 0 saturated heterocycles. The summed E-state index contributed by atoms with van der Waals surface area (Å²) in [6.07, 6.45) is 1.94. The number of nitrogens with zero attached hydrogens (tertiary/aromatic N) is 1. The summed E-state index contributed by atoms with van der Waals surface area (Å²) in [5.74, 6) is 2.50. The van der Waals surface area contributed by atoms with Crippen LogP contribution in [0.4, 0.5) is 0 Å². The molecule has 1 aromatic carbocycles. The summed E-state index contributed by atoms with van der Waals surface area (Å²) in [5.41, 5.74) is 0.897. The Kier molecular flexibility index (Phi) is 7.07. The maximum Gasteiger partial charge on any atom is 0.191 e. The summed E-state index contributed by atoms with van der Waals surface area (Å²) in [5, 5.41) is 16.5. The molecule has 6 heteroatoms. The number of aromatic hydroxyl groups is 1. The van der Waals surface area contributed by atoms with Gasteiger partial charge in [-0.1, -0.05) is 13.0 Å². The molecular formula is C15H24IN3O2. The molecule has 1 saturated carbocycles. The second-order valence-corrected chi connectivity index (χ2v) is 5.21. The SMILES string of the molecule is CN=C(NCCc1ccc(OC)cc1O)NC1CC1C.I. The third kappa shape index (κ3) is 5.26. The summed E-state index contributed by atoms with van der Waals surface area (Å²) < 4.78 is 5.07. The highest BCUT2D eigenvalue weighted by Crippen LogP contribution is 2.28. The van der Waals surface area contributed by atoms with E-state index < -0.39 is 0 Å². The molecule has 1 aliphatic carbocycles. The second-order valence-electron chi connectivity index (χ2n) is 5.21. The van der Waals surface area contributed by atoms with E-state index in [1.165, 1.54) is 6.42 Å². The fourth-order valence-electron chi connectivity index (χ4n) is 2.09. The van der Waals surface area contributed by atoms with Gasteiger partial charge in [-0.05, 0) is 30.4 Å². The van der Waals surface area contributed by atoms with Gasteiger partial charge in [-0.25, -0.2) is 0 Å². The largest absolute Gasteiger partial charge is 0.508 e. The van der Waals surface area contributed by atoms with Gasteiger partial charge in [-0.2, -0.15) is 0 Å². The van der Waals surface area contributed by atoms with Crippen molar-refractivity contribution in [3.05, 3.63) is 23.8 Å². The molecule has 118 valence electrons. The van der Waals surface area contributed by atoms with E-state index in [9.17, 15) is 5.11 Å². The topological polar surface area (TPSA) is 65.9 Å². The molecule has 0 radical (unpaired) electrons. The van der Waals surface area contributed by atoms with Crippen LogP contribution in [0, 0.1) is 5.92 Å². The van der Waals surface area contributed by atoms with Crippen LogP contribution in [-0.4, -0.2) is 37.8 Å². The number of phenolic OH excluding ortho intramolecular Hbond substituents is 1.